The normalized spacial score (nSPS) is 23.0. The number of carbonyl (C=O) groups excluding carboxylic acids is 1. The number of benzene rings is 1. The maximum atomic E-state index is 12.3. The highest BCUT2D eigenvalue weighted by molar-refractivity contribution is 6.54. The fourth-order valence-corrected chi connectivity index (χ4v) is 2.89. The van der Waals surface area contributed by atoms with Gasteiger partial charge in [-0.05, 0) is 58.1 Å². The summed E-state index contributed by atoms with van der Waals surface area (Å²) in [6.45, 7) is 9.34. The van der Waals surface area contributed by atoms with Gasteiger partial charge in [-0.15, -0.1) is 5.06 Å². The maximum Gasteiger partial charge on any atom is 0.491 e. The molecule has 0 aromatic heterocycles. The second-order valence-corrected chi connectivity index (χ2v) is 7.62. The van der Waals surface area contributed by atoms with Crippen LogP contribution in [0.25, 0.3) is 0 Å². The van der Waals surface area contributed by atoms with E-state index < -0.39 is 7.12 Å². The van der Waals surface area contributed by atoms with Crippen LogP contribution in [0.2, 0.25) is 0 Å². The van der Waals surface area contributed by atoms with E-state index in [0.717, 1.165) is 18.3 Å². The molecule has 0 unspecified atom stereocenters. The SMILES string of the molecule is CC1(C)OB(C2=CCCCN(OC(=O)c3ccccc3)C2)OC1(C)C. The van der Waals surface area contributed by atoms with E-state index in [4.69, 9.17) is 14.1 Å². The summed E-state index contributed by atoms with van der Waals surface area (Å²) >= 11 is 0. The van der Waals surface area contributed by atoms with Crippen LogP contribution in [0.5, 0.6) is 0 Å². The van der Waals surface area contributed by atoms with Crippen molar-refractivity contribution in [3.05, 3.63) is 47.4 Å². The van der Waals surface area contributed by atoms with Crippen molar-refractivity contribution in [1.29, 1.82) is 0 Å². The zero-order chi connectivity index (χ0) is 18.1. The van der Waals surface area contributed by atoms with Crippen molar-refractivity contribution in [1.82, 2.24) is 5.06 Å². The van der Waals surface area contributed by atoms with Gasteiger partial charge in [0, 0.05) is 6.54 Å². The van der Waals surface area contributed by atoms with Crippen LogP contribution in [-0.2, 0) is 14.1 Å². The first-order valence-corrected chi connectivity index (χ1v) is 8.85. The molecule has 1 aromatic rings. The number of nitrogens with zero attached hydrogens (tertiary/aromatic N) is 1. The summed E-state index contributed by atoms with van der Waals surface area (Å²) in [6, 6.07) is 9.04. The molecule has 0 saturated carbocycles. The van der Waals surface area contributed by atoms with Gasteiger partial charge < -0.3 is 14.1 Å². The Hall–Kier alpha value is -1.63. The number of hydrogen-bond donors (Lipinski definition) is 0. The second-order valence-electron chi connectivity index (χ2n) is 7.62. The minimum absolute atomic E-state index is 0.337. The van der Waals surface area contributed by atoms with Crippen LogP contribution in [-0.4, -0.2) is 42.4 Å². The Morgan fingerprint density at radius 3 is 2.40 bits per heavy atom. The van der Waals surface area contributed by atoms with Gasteiger partial charge in [-0.1, -0.05) is 24.3 Å². The second kappa shape index (κ2) is 6.94. The predicted molar refractivity (Wildman–Crippen MR) is 96.8 cm³/mol. The summed E-state index contributed by atoms with van der Waals surface area (Å²) in [5, 5.41) is 1.71. The van der Waals surface area contributed by atoms with Crippen molar-refractivity contribution in [2.45, 2.75) is 51.7 Å². The van der Waals surface area contributed by atoms with Gasteiger partial charge in [-0.25, -0.2) is 4.79 Å². The lowest BCUT2D eigenvalue weighted by Crippen LogP contribution is -2.41. The van der Waals surface area contributed by atoms with Crippen molar-refractivity contribution in [2.75, 3.05) is 13.1 Å². The topological polar surface area (TPSA) is 48.0 Å². The highest BCUT2D eigenvalue weighted by Crippen LogP contribution is 2.39. The van der Waals surface area contributed by atoms with Crippen LogP contribution in [0.4, 0.5) is 0 Å². The van der Waals surface area contributed by atoms with Gasteiger partial charge in [-0.3, -0.25) is 0 Å². The molecule has 3 rings (SSSR count). The molecule has 2 aliphatic heterocycles. The Labute approximate surface area is 150 Å². The molecule has 0 bridgehead atoms. The minimum atomic E-state index is -0.402. The van der Waals surface area contributed by atoms with E-state index in [2.05, 4.69) is 6.08 Å². The quantitative estimate of drug-likeness (QED) is 0.787. The Morgan fingerprint density at radius 1 is 1.12 bits per heavy atom. The van der Waals surface area contributed by atoms with Crippen LogP contribution in [0.1, 0.15) is 50.9 Å². The van der Waals surface area contributed by atoms with Crippen LogP contribution in [0.3, 0.4) is 0 Å². The molecular formula is C19H26BNO4. The lowest BCUT2D eigenvalue weighted by molar-refractivity contribution is -0.102. The highest BCUT2D eigenvalue weighted by atomic mass is 16.7. The van der Waals surface area contributed by atoms with Crippen molar-refractivity contribution in [3.8, 4) is 0 Å². The van der Waals surface area contributed by atoms with Crippen molar-refractivity contribution in [3.63, 3.8) is 0 Å². The number of hydrogen-bond acceptors (Lipinski definition) is 5. The fourth-order valence-electron chi connectivity index (χ4n) is 2.89. The Morgan fingerprint density at radius 2 is 1.76 bits per heavy atom. The molecule has 2 aliphatic rings. The van der Waals surface area contributed by atoms with Gasteiger partial charge in [0.25, 0.3) is 0 Å². The van der Waals surface area contributed by atoms with Gasteiger partial charge in [0.2, 0.25) is 0 Å². The molecule has 0 amide bonds. The average molecular weight is 343 g/mol. The maximum absolute atomic E-state index is 12.3. The summed E-state index contributed by atoms with van der Waals surface area (Å²) in [7, 11) is -0.402. The van der Waals surface area contributed by atoms with E-state index in [1.807, 2.05) is 45.9 Å². The lowest BCUT2D eigenvalue weighted by Gasteiger charge is -2.32. The summed E-state index contributed by atoms with van der Waals surface area (Å²) in [4.78, 5) is 17.9. The molecule has 5 nitrogen and oxygen atoms in total. The third-order valence-corrected chi connectivity index (χ3v) is 5.15. The third-order valence-electron chi connectivity index (χ3n) is 5.15. The van der Waals surface area contributed by atoms with Crippen LogP contribution in [0.15, 0.2) is 41.9 Å². The molecule has 1 fully saturated rings. The molecule has 0 spiro atoms. The zero-order valence-electron chi connectivity index (χ0n) is 15.5. The highest BCUT2D eigenvalue weighted by Gasteiger charge is 2.52. The Kier molecular flexibility index (Phi) is 5.05. The first-order chi connectivity index (χ1) is 11.8. The average Bonchev–Trinajstić information content (AvgIpc) is 2.72. The number of carbonyl (C=O) groups is 1. The zero-order valence-corrected chi connectivity index (χ0v) is 15.5. The largest absolute Gasteiger partial charge is 0.491 e. The van der Waals surface area contributed by atoms with Gasteiger partial charge in [0.05, 0.1) is 23.3 Å². The van der Waals surface area contributed by atoms with Gasteiger partial charge in [0.1, 0.15) is 0 Å². The van der Waals surface area contributed by atoms with Crippen molar-refractivity contribution < 1.29 is 18.9 Å². The lowest BCUT2D eigenvalue weighted by atomic mass is 9.77. The van der Waals surface area contributed by atoms with E-state index in [9.17, 15) is 4.79 Å². The van der Waals surface area contributed by atoms with Gasteiger partial charge >= 0.3 is 13.1 Å². The molecule has 0 atom stereocenters. The summed E-state index contributed by atoms with van der Waals surface area (Å²) < 4.78 is 12.3. The first kappa shape index (κ1) is 18.2. The first-order valence-electron chi connectivity index (χ1n) is 8.85. The fraction of sp³-hybridized carbons (Fsp3) is 0.526. The summed E-state index contributed by atoms with van der Waals surface area (Å²) in [6.07, 6.45) is 3.99. The molecule has 6 heteroatoms. The smallest absolute Gasteiger partial charge is 0.400 e. The Bertz CT molecular complexity index is 641. The van der Waals surface area contributed by atoms with E-state index >= 15 is 0 Å². The van der Waals surface area contributed by atoms with Crippen LogP contribution < -0.4 is 0 Å². The predicted octanol–water partition coefficient (Wildman–Crippen LogP) is 3.41. The molecular weight excluding hydrogens is 317 g/mol. The Balaban J connectivity index is 1.67. The summed E-state index contributed by atoms with van der Waals surface area (Å²) in [5.41, 5.74) is 0.803. The number of allylic oxidation sites excluding steroid dienone is 1. The third kappa shape index (κ3) is 3.97. The van der Waals surface area contributed by atoms with E-state index in [1.54, 1.807) is 17.2 Å². The van der Waals surface area contributed by atoms with Crippen molar-refractivity contribution in [2.24, 2.45) is 0 Å². The molecule has 134 valence electrons. The molecule has 0 aliphatic carbocycles. The van der Waals surface area contributed by atoms with Crippen molar-refractivity contribution >= 4 is 13.1 Å². The standard InChI is InChI=1S/C19H26BNO4/c1-18(2)19(3,4)25-20(24-18)16-12-8-9-13-21(14-16)23-17(22)15-10-6-5-7-11-15/h5-7,10-12H,8-9,13-14H2,1-4H3. The molecule has 0 radical (unpaired) electrons. The minimum Gasteiger partial charge on any atom is -0.400 e. The number of hydroxylamine groups is 2. The van der Waals surface area contributed by atoms with E-state index in [1.165, 1.54) is 0 Å². The summed E-state index contributed by atoms with van der Waals surface area (Å²) in [5.74, 6) is -0.337. The molecule has 1 aromatic carbocycles. The molecule has 1 saturated heterocycles. The molecule has 25 heavy (non-hydrogen) atoms. The van der Waals surface area contributed by atoms with Gasteiger partial charge in [0.15, 0.2) is 0 Å². The van der Waals surface area contributed by atoms with E-state index in [0.29, 0.717) is 18.7 Å². The van der Waals surface area contributed by atoms with Gasteiger partial charge in [-0.2, -0.15) is 0 Å². The molecule has 2 heterocycles. The van der Waals surface area contributed by atoms with Crippen LogP contribution in [0, 0.1) is 0 Å². The van der Waals surface area contributed by atoms with Crippen LogP contribution >= 0.6 is 0 Å². The number of rotatable bonds is 3. The van der Waals surface area contributed by atoms with E-state index in [-0.39, 0.29) is 17.2 Å². The molecule has 0 N–H and O–H groups in total. The monoisotopic (exact) mass is 343 g/mol.